The van der Waals surface area contributed by atoms with Gasteiger partial charge in [0.25, 0.3) is 5.91 Å². The fourth-order valence-corrected chi connectivity index (χ4v) is 3.29. The van der Waals surface area contributed by atoms with Crippen LogP contribution >= 0.6 is 11.3 Å². The summed E-state index contributed by atoms with van der Waals surface area (Å²) < 4.78 is 0. The standard InChI is InChI=1S/C16H20N4OS/c21-16(17-9-8-13-5-4-12-22-13)14-6-7-15(19-18-14)20-10-2-1-3-11-20/h4-7,12H,1-3,8-11H2,(H,17,21). The van der Waals surface area contributed by atoms with Crippen LogP contribution in [0, 0.1) is 0 Å². The molecule has 1 fully saturated rings. The molecule has 3 heterocycles. The molecule has 5 nitrogen and oxygen atoms in total. The van der Waals surface area contributed by atoms with Crippen molar-refractivity contribution in [3.8, 4) is 0 Å². The van der Waals surface area contributed by atoms with E-state index in [9.17, 15) is 4.79 Å². The third kappa shape index (κ3) is 3.82. The predicted octanol–water partition coefficient (Wildman–Crippen LogP) is 2.50. The van der Waals surface area contributed by atoms with E-state index in [1.165, 1.54) is 24.1 Å². The second kappa shape index (κ2) is 7.35. The summed E-state index contributed by atoms with van der Waals surface area (Å²) in [5.41, 5.74) is 0.381. The van der Waals surface area contributed by atoms with Crippen molar-refractivity contribution >= 4 is 23.1 Å². The van der Waals surface area contributed by atoms with E-state index >= 15 is 0 Å². The van der Waals surface area contributed by atoms with E-state index in [2.05, 4.69) is 26.5 Å². The fraction of sp³-hybridized carbons (Fsp3) is 0.438. The average Bonchev–Trinajstić information content (AvgIpc) is 3.09. The van der Waals surface area contributed by atoms with Gasteiger partial charge in [-0.15, -0.1) is 21.5 Å². The second-order valence-corrected chi connectivity index (χ2v) is 6.44. The Hall–Kier alpha value is -1.95. The Morgan fingerprint density at radius 2 is 2.05 bits per heavy atom. The Balaban J connectivity index is 1.51. The van der Waals surface area contributed by atoms with Crippen molar-refractivity contribution in [3.05, 3.63) is 40.2 Å². The molecule has 0 saturated carbocycles. The van der Waals surface area contributed by atoms with Crippen molar-refractivity contribution in [1.29, 1.82) is 0 Å². The lowest BCUT2D eigenvalue weighted by Gasteiger charge is -2.27. The first-order valence-electron chi connectivity index (χ1n) is 7.72. The molecule has 0 aromatic carbocycles. The second-order valence-electron chi connectivity index (χ2n) is 5.41. The average molecular weight is 316 g/mol. The van der Waals surface area contributed by atoms with Crippen LogP contribution in [0.25, 0.3) is 0 Å². The van der Waals surface area contributed by atoms with Crippen molar-refractivity contribution in [3.63, 3.8) is 0 Å². The predicted molar refractivity (Wildman–Crippen MR) is 88.5 cm³/mol. The third-order valence-electron chi connectivity index (χ3n) is 3.80. The van der Waals surface area contributed by atoms with Gasteiger partial charge in [0.1, 0.15) is 0 Å². The van der Waals surface area contributed by atoms with E-state index in [0.29, 0.717) is 12.2 Å². The number of carbonyl (C=O) groups is 1. The normalized spacial score (nSPS) is 14.8. The third-order valence-corrected chi connectivity index (χ3v) is 4.74. The number of amides is 1. The van der Waals surface area contributed by atoms with Crippen molar-refractivity contribution < 1.29 is 4.79 Å². The Morgan fingerprint density at radius 3 is 2.73 bits per heavy atom. The van der Waals surface area contributed by atoms with Gasteiger partial charge >= 0.3 is 0 Å². The zero-order valence-electron chi connectivity index (χ0n) is 12.5. The maximum absolute atomic E-state index is 12.0. The summed E-state index contributed by atoms with van der Waals surface area (Å²) in [6.45, 7) is 2.68. The van der Waals surface area contributed by atoms with E-state index in [1.54, 1.807) is 17.4 Å². The van der Waals surface area contributed by atoms with Gasteiger partial charge in [0.2, 0.25) is 0 Å². The van der Waals surface area contributed by atoms with Gasteiger partial charge in [0.05, 0.1) is 0 Å². The molecule has 0 atom stereocenters. The smallest absolute Gasteiger partial charge is 0.271 e. The first-order chi connectivity index (χ1) is 10.8. The lowest BCUT2D eigenvalue weighted by Crippen LogP contribution is -2.31. The van der Waals surface area contributed by atoms with Crippen LogP contribution in [0.4, 0.5) is 5.82 Å². The number of rotatable bonds is 5. The van der Waals surface area contributed by atoms with Crippen molar-refractivity contribution in [1.82, 2.24) is 15.5 Å². The van der Waals surface area contributed by atoms with E-state index < -0.39 is 0 Å². The molecule has 116 valence electrons. The molecule has 0 bridgehead atoms. The quantitative estimate of drug-likeness (QED) is 0.921. The summed E-state index contributed by atoms with van der Waals surface area (Å²) in [5.74, 6) is 0.712. The van der Waals surface area contributed by atoms with Crippen LogP contribution in [0.15, 0.2) is 29.6 Å². The highest BCUT2D eigenvalue weighted by Crippen LogP contribution is 2.16. The van der Waals surface area contributed by atoms with Crippen LogP contribution in [-0.4, -0.2) is 35.7 Å². The molecule has 6 heteroatoms. The Kier molecular flexibility index (Phi) is 5.00. The van der Waals surface area contributed by atoms with Crippen molar-refractivity contribution in [2.45, 2.75) is 25.7 Å². The molecule has 1 saturated heterocycles. The van der Waals surface area contributed by atoms with Gasteiger partial charge in [0, 0.05) is 24.5 Å². The van der Waals surface area contributed by atoms with Crippen LogP contribution in [0.2, 0.25) is 0 Å². The summed E-state index contributed by atoms with van der Waals surface area (Å²) in [5, 5.41) is 13.2. The van der Waals surface area contributed by atoms with Crippen LogP contribution in [-0.2, 0) is 6.42 Å². The Morgan fingerprint density at radius 1 is 1.18 bits per heavy atom. The van der Waals surface area contributed by atoms with E-state index in [4.69, 9.17) is 0 Å². The molecule has 2 aromatic heterocycles. The molecule has 2 aromatic rings. The molecule has 1 N–H and O–H groups in total. The first-order valence-corrected chi connectivity index (χ1v) is 8.60. The zero-order valence-corrected chi connectivity index (χ0v) is 13.3. The molecule has 0 spiro atoms. The van der Waals surface area contributed by atoms with Crippen LogP contribution in [0.1, 0.15) is 34.6 Å². The molecule has 1 aliphatic rings. The van der Waals surface area contributed by atoms with Crippen LogP contribution in [0.5, 0.6) is 0 Å². The highest BCUT2D eigenvalue weighted by atomic mass is 32.1. The van der Waals surface area contributed by atoms with Crippen molar-refractivity contribution in [2.75, 3.05) is 24.5 Å². The number of aromatic nitrogens is 2. The number of piperidine rings is 1. The number of hydrogen-bond acceptors (Lipinski definition) is 5. The van der Waals surface area contributed by atoms with Crippen LogP contribution in [0.3, 0.4) is 0 Å². The van der Waals surface area contributed by atoms with Gasteiger partial charge in [-0.05, 0) is 49.3 Å². The molecular formula is C16H20N4OS. The molecule has 0 unspecified atom stereocenters. The van der Waals surface area contributed by atoms with Gasteiger partial charge in [-0.2, -0.15) is 0 Å². The van der Waals surface area contributed by atoms with E-state index in [0.717, 1.165) is 25.3 Å². The lowest BCUT2D eigenvalue weighted by molar-refractivity contribution is 0.0948. The fourth-order valence-electron chi connectivity index (χ4n) is 2.58. The topological polar surface area (TPSA) is 58.1 Å². The molecule has 3 rings (SSSR count). The first kappa shape index (κ1) is 15.0. The number of thiophene rings is 1. The number of nitrogens with zero attached hydrogens (tertiary/aromatic N) is 3. The number of carbonyl (C=O) groups excluding carboxylic acids is 1. The largest absolute Gasteiger partial charge is 0.355 e. The minimum absolute atomic E-state index is 0.158. The van der Waals surface area contributed by atoms with Crippen molar-refractivity contribution in [2.24, 2.45) is 0 Å². The Labute approximate surface area is 134 Å². The molecule has 1 aliphatic heterocycles. The zero-order chi connectivity index (χ0) is 15.2. The van der Waals surface area contributed by atoms with Crippen LogP contribution < -0.4 is 10.2 Å². The molecular weight excluding hydrogens is 296 g/mol. The Bertz CT molecular complexity index is 591. The van der Waals surface area contributed by atoms with Gasteiger partial charge in [0.15, 0.2) is 11.5 Å². The van der Waals surface area contributed by atoms with Gasteiger partial charge in [-0.3, -0.25) is 4.79 Å². The van der Waals surface area contributed by atoms with Gasteiger partial charge < -0.3 is 10.2 Å². The number of hydrogen-bond donors (Lipinski definition) is 1. The minimum atomic E-state index is -0.158. The highest BCUT2D eigenvalue weighted by molar-refractivity contribution is 7.09. The van der Waals surface area contributed by atoms with Gasteiger partial charge in [-0.25, -0.2) is 0 Å². The maximum Gasteiger partial charge on any atom is 0.271 e. The summed E-state index contributed by atoms with van der Waals surface area (Å²) in [7, 11) is 0. The minimum Gasteiger partial charge on any atom is -0.355 e. The van der Waals surface area contributed by atoms with E-state index in [1.807, 2.05) is 17.5 Å². The number of nitrogens with one attached hydrogen (secondary N) is 1. The van der Waals surface area contributed by atoms with E-state index in [-0.39, 0.29) is 5.91 Å². The summed E-state index contributed by atoms with van der Waals surface area (Å²) in [6, 6.07) is 7.75. The SMILES string of the molecule is O=C(NCCc1cccs1)c1ccc(N2CCCCC2)nn1. The molecule has 0 radical (unpaired) electrons. The number of anilines is 1. The summed E-state index contributed by atoms with van der Waals surface area (Å²) >= 11 is 1.70. The molecule has 22 heavy (non-hydrogen) atoms. The molecule has 1 amide bonds. The van der Waals surface area contributed by atoms with Gasteiger partial charge in [-0.1, -0.05) is 6.07 Å². The summed E-state index contributed by atoms with van der Waals surface area (Å²) in [6.07, 6.45) is 4.54. The maximum atomic E-state index is 12.0. The highest BCUT2D eigenvalue weighted by Gasteiger charge is 2.14. The summed E-state index contributed by atoms with van der Waals surface area (Å²) in [4.78, 5) is 15.5. The lowest BCUT2D eigenvalue weighted by atomic mass is 10.1. The monoisotopic (exact) mass is 316 g/mol. The molecule has 0 aliphatic carbocycles.